The van der Waals surface area contributed by atoms with Crippen LogP contribution >= 0.6 is 0 Å². The van der Waals surface area contributed by atoms with Gasteiger partial charge in [0.15, 0.2) is 5.82 Å². The van der Waals surface area contributed by atoms with Gasteiger partial charge in [0.2, 0.25) is 0 Å². The lowest BCUT2D eigenvalue weighted by Crippen LogP contribution is -2.04. The van der Waals surface area contributed by atoms with Crippen LogP contribution in [0.15, 0.2) is 58.8 Å². The number of imidazole rings is 1. The van der Waals surface area contributed by atoms with E-state index in [1.165, 1.54) is 7.11 Å². The van der Waals surface area contributed by atoms with Crippen molar-refractivity contribution in [2.75, 3.05) is 7.11 Å². The Morgan fingerprint density at radius 2 is 1.91 bits per heavy atom. The highest BCUT2D eigenvalue weighted by atomic mass is 16.5. The molecule has 6 nitrogen and oxygen atoms in total. The first-order chi connectivity index (χ1) is 11.2. The maximum atomic E-state index is 11.6. The molecule has 0 aliphatic rings. The molecule has 0 saturated carbocycles. The second-order valence-corrected chi connectivity index (χ2v) is 5.03. The Kier molecular flexibility index (Phi) is 4.14. The number of ether oxygens (including phenoxy) is 1. The van der Waals surface area contributed by atoms with Crippen LogP contribution in [0.1, 0.15) is 11.4 Å². The van der Waals surface area contributed by atoms with Crippen molar-refractivity contribution in [2.24, 2.45) is 10.2 Å². The molecule has 0 aliphatic carbocycles. The summed E-state index contributed by atoms with van der Waals surface area (Å²) in [7, 11) is 1.36. The number of hydrogen-bond acceptors (Lipinski definition) is 5. The molecule has 3 aromatic rings. The van der Waals surface area contributed by atoms with Gasteiger partial charge < -0.3 is 4.74 Å². The van der Waals surface area contributed by atoms with Crippen LogP contribution in [-0.4, -0.2) is 22.5 Å². The van der Waals surface area contributed by atoms with Gasteiger partial charge in [-0.3, -0.25) is 9.20 Å². The molecule has 2 heterocycles. The van der Waals surface area contributed by atoms with E-state index in [1.54, 1.807) is 0 Å². The van der Waals surface area contributed by atoms with Gasteiger partial charge in [0.1, 0.15) is 5.65 Å². The minimum atomic E-state index is -0.359. The molecule has 0 radical (unpaired) electrons. The predicted molar refractivity (Wildman–Crippen MR) is 86.3 cm³/mol. The second kappa shape index (κ2) is 6.39. The molecule has 0 aliphatic heterocycles. The summed E-state index contributed by atoms with van der Waals surface area (Å²) >= 11 is 0. The first kappa shape index (κ1) is 14.9. The number of carbonyl (C=O) groups is 1. The largest absolute Gasteiger partial charge is 0.469 e. The molecule has 0 amide bonds. The van der Waals surface area contributed by atoms with E-state index >= 15 is 0 Å². The highest BCUT2D eigenvalue weighted by molar-refractivity contribution is 5.74. The zero-order valence-electron chi connectivity index (χ0n) is 12.9. The summed E-state index contributed by atoms with van der Waals surface area (Å²) in [5.74, 6) is 0.189. The third kappa shape index (κ3) is 3.11. The maximum absolute atomic E-state index is 11.6. The number of methoxy groups -OCH3 is 1. The van der Waals surface area contributed by atoms with E-state index in [-0.39, 0.29) is 12.4 Å². The van der Waals surface area contributed by atoms with Gasteiger partial charge in [0.25, 0.3) is 0 Å². The number of aromatic nitrogens is 2. The van der Waals surface area contributed by atoms with Gasteiger partial charge >= 0.3 is 5.97 Å². The van der Waals surface area contributed by atoms with E-state index in [2.05, 4.69) is 15.2 Å². The normalized spacial score (nSPS) is 11.2. The van der Waals surface area contributed by atoms with E-state index in [4.69, 9.17) is 4.74 Å². The van der Waals surface area contributed by atoms with Crippen LogP contribution in [0.2, 0.25) is 0 Å². The lowest BCUT2D eigenvalue weighted by Gasteiger charge is -2.02. The van der Waals surface area contributed by atoms with Gasteiger partial charge in [0, 0.05) is 5.69 Å². The molecule has 0 unspecified atom stereocenters. The number of aryl methyl sites for hydroxylation is 1. The molecule has 116 valence electrons. The van der Waals surface area contributed by atoms with Crippen molar-refractivity contribution in [1.82, 2.24) is 9.38 Å². The molecule has 6 heteroatoms. The van der Waals surface area contributed by atoms with Gasteiger partial charge in [-0.05, 0) is 31.2 Å². The summed E-state index contributed by atoms with van der Waals surface area (Å²) in [4.78, 5) is 16.1. The van der Waals surface area contributed by atoms with Crippen molar-refractivity contribution >= 4 is 23.1 Å². The van der Waals surface area contributed by atoms with E-state index in [9.17, 15) is 4.79 Å². The molecule has 0 bridgehead atoms. The molecule has 23 heavy (non-hydrogen) atoms. The van der Waals surface area contributed by atoms with Crippen molar-refractivity contribution in [1.29, 1.82) is 0 Å². The summed E-state index contributed by atoms with van der Waals surface area (Å²) in [5, 5.41) is 8.58. The van der Waals surface area contributed by atoms with Crippen molar-refractivity contribution in [3.8, 4) is 0 Å². The molecular formula is C17H16N4O2. The summed E-state index contributed by atoms with van der Waals surface area (Å²) in [6, 6.07) is 15.2. The lowest BCUT2D eigenvalue weighted by atomic mass is 10.3. The maximum Gasteiger partial charge on any atom is 0.311 e. The van der Waals surface area contributed by atoms with Crippen LogP contribution < -0.4 is 0 Å². The number of carbonyl (C=O) groups excluding carboxylic acids is 1. The van der Waals surface area contributed by atoms with E-state index < -0.39 is 0 Å². The zero-order chi connectivity index (χ0) is 16.2. The van der Waals surface area contributed by atoms with E-state index in [0.29, 0.717) is 11.5 Å². The lowest BCUT2D eigenvalue weighted by molar-refractivity contribution is -0.139. The number of benzene rings is 1. The van der Waals surface area contributed by atoms with Crippen LogP contribution in [0.3, 0.4) is 0 Å². The first-order valence-corrected chi connectivity index (χ1v) is 7.19. The Balaban J connectivity index is 2.10. The van der Waals surface area contributed by atoms with Gasteiger partial charge in [0.05, 0.1) is 24.9 Å². The Hall–Kier alpha value is -3.02. The quantitative estimate of drug-likeness (QED) is 0.544. The van der Waals surface area contributed by atoms with Gasteiger partial charge in [-0.15, -0.1) is 10.2 Å². The fraction of sp³-hybridized carbons (Fsp3) is 0.176. The standard InChI is InChI=1S/C17H16N4O2/c1-12-7-6-10-15-18-14(11-16(22)23-2)17(21(12)15)20-19-13-8-4-3-5-9-13/h3-10H,11H2,1-2H3. The number of nitrogens with zero attached hydrogens (tertiary/aromatic N) is 4. The minimum Gasteiger partial charge on any atom is -0.469 e. The highest BCUT2D eigenvalue weighted by Gasteiger charge is 2.16. The Labute approximate surface area is 133 Å². The fourth-order valence-corrected chi connectivity index (χ4v) is 2.31. The SMILES string of the molecule is COC(=O)Cc1nc2cccc(C)n2c1N=Nc1ccccc1. The van der Waals surface area contributed by atoms with Crippen LogP contribution in [-0.2, 0) is 16.0 Å². The average molecular weight is 308 g/mol. The predicted octanol–water partition coefficient (Wildman–Crippen LogP) is 3.77. The number of esters is 1. The molecular weight excluding hydrogens is 292 g/mol. The monoisotopic (exact) mass is 308 g/mol. The highest BCUT2D eigenvalue weighted by Crippen LogP contribution is 2.26. The number of azo groups is 1. The second-order valence-electron chi connectivity index (χ2n) is 5.03. The third-order valence-electron chi connectivity index (χ3n) is 3.44. The summed E-state index contributed by atoms with van der Waals surface area (Å²) < 4.78 is 6.62. The van der Waals surface area contributed by atoms with Crippen LogP contribution in [0.4, 0.5) is 11.5 Å². The molecule has 0 N–H and O–H groups in total. The average Bonchev–Trinajstić information content (AvgIpc) is 2.92. The van der Waals surface area contributed by atoms with Crippen molar-refractivity contribution in [3.63, 3.8) is 0 Å². The number of hydrogen-bond donors (Lipinski definition) is 0. The Morgan fingerprint density at radius 1 is 1.13 bits per heavy atom. The molecule has 1 aromatic carbocycles. The fourth-order valence-electron chi connectivity index (χ4n) is 2.31. The van der Waals surface area contributed by atoms with Gasteiger partial charge in [-0.25, -0.2) is 4.98 Å². The smallest absolute Gasteiger partial charge is 0.311 e. The van der Waals surface area contributed by atoms with Gasteiger partial charge in [-0.2, -0.15) is 0 Å². The zero-order valence-corrected chi connectivity index (χ0v) is 12.9. The summed E-state index contributed by atoms with van der Waals surface area (Å²) in [6.07, 6.45) is 0.0563. The van der Waals surface area contributed by atoms with Crippen LogP contribution in [0.25, 0.3) is 5.65 Å². The molecule has 0 spiro atoms. The summed E-state index contributed by atoms with van der Waals surface area (Å²) in [6.45, 7) is 1.96. The van der Waals surface area contributed by atoms with Crippen LogP contribution in [0.5, 0.6) is 0 Å². The molecule has 3 rings (SSSR count). The van der Waals surface area contributed by atoms with Crippen LogP contribution in [0, 0.1) is 6.92 Å². The summed E-state index contributed by atoms with van der Waals surface area (Å²) in [5.41, 5.74) is 2.98. The molecule has 0 atom stereocenters. The van der Waals surface area contributed by atoms with E-state index in [1.807, 2.05) is 59.9 Å². The number of pyridine rings is 1. The molecule has 2 aromatic heterocycles. The third-order valence-corrected chi connectivity index (χ3v) is 3.44. The topological polar surface area (TPSA) is 68.3 Å². The van der Waals surface area contributed by atoms with Gasteiger partial charge in [-0.1, -0.05) is 24.3 Å². The number of rotatable bonds is 4. The molecule has 0 saturated heterocycles. The Morgan fingerprint density at radius 3 is 2.65 bits per heavy atom. The molecule has 0 fully saturated rings. The van der Waals surface area contributed by atoms with Crippen molar-refractivity contribution in [2.45, 2.75) is 13.3 Å². The van der Waals surface area contributed by atoms with E-state index in [0.717, 1.165) is 17.0 Å². The van der Waals surface area contributed by atoms with Crippen molar-refractivity contribution in [3.05, 3.63) is 59.9 Å². The first-order valence-electron chi connectivity index (χ1n) is 7.19. The van der Waals surface area contributed by atoms with Crippen molar-refractivity contribution < 1.29 is 9.53 Å². The minimum absolute atomic E-state index is 0.0563. The number of fused-ring (bicyclic) bond motifs is 1. The Bertz CT molecular complexity index is 869.